The quantitative estimate of drug-likeness (QED) is 0.925. The summed E-state index contributed by atoms with van der Waals surface area (Å²) in [4.78, 5) is 0. The van der Waals surface area contributed by atoms with Gasteiger partial charge in [0, 0.05) is 6.54 Å². The Morgan fingerprint density at radius 2 is 1.87 bits per heavy atom. The summed E-state index contributed by atoms with van der Waals surface area (Å²) in [7, 11) is 1.71. The van der Waals surface area contributed by atoms with E-state index < -0.39 is 0 Å². The predicted molar refractivity (Wildman–Crippen MR) is 88.7 cm³/mol. The van der Waals surface area contributed by atoms with Gasteiger partial charge in [-0.15, -0.1) is 0 Å². The van der Waals surface area contributed by atoms with Gasteiger partial charge in [-0.3, -0.25) is 0 Å². The molecule has 0 amide bonds. The zero-order chi connectivity index (χ0) is 15.8. The Bertz CT molecular complexity index is 742. The van der Waals surface area contributed by atoms with E-state index in [9.17, 15) is 0 Å². The fourth-order valence-corrected chi connectivity index (χ4v) is 3.47. The molecular formula is C19H21NO3. The largest absolute Gasteiger partial charge is 0.496 e. The summed E-state index contributed by atoms with van der Waals surface area (Å²) in [6.07, 6.45) is 1.01. The Kier molecular flexibility index (Phi) is 3.62. The third-order valence-electron chi connectivity index (χ3n) is 4.61. The van der Waals surface area contributed by atoms with Gasteiger partial charge < -0.3 is 19.5 Å². The van der Waals surface area contributed by atoms with Crippen LogP contribution < -0.4 is 19.5 Å². The van der Waals surface area contributed by atoms with Gasteiger partial charge in [-0.05, 0) is 53.8 Å². The third kappa shape index (κ3) is 2.53. The van der Waals surface area contributed by atoms with Gasteiger partial charge in [0.25, 0.3) is 0 Å². The fourth-order valence-electron chi connectivity index (χ4n) is 3.47. The van der Waals surface area contributed by atoms with Crippen LogP contribution in [0.4, 0.5) is 0 Å². The summed E-state index contributed by atoms with van der Waals surface area (Å²) in [5.41, 5.74) is 5.02. The normalized spacial score (nSPS) is 19.1. The minimum absolute atomic E-state index is 0.180. The fraction of sp³-hybridized carbons (Fsp3) is 0.368. The number of rotatable bonds is 2. The zero-order valence-electron chi connectivity index (χ0n) is 13.5. The molecule has 4 heteroatoms. The minimum Gasteiger partial charge on any atom is -0.496 e. The van der Waals surface area contributed by atoms with Gasteiger partial charge in [-0.2, -0.15) is 0 Å². The topological polar surface area (TPSA) is 39.7 Å². The van der Waals surface area contributed by atoms with Crippen molar-refractivity contribution >= 4 is 0 Å². The van der Waals surface area contributed by atoms with E-state index in [2.05, 4.69) is 36.5 Å². The monoisotopic (exact) mass is 311 g/mol. The van der Waals surface area contributed by atoms with Crippen LogP contribution in [0, 0.1) is 6.92 Å². The summed E-state index contributed by atoms with van der Waals surface area (Å²) in [6, 6.07) is 10.8. The standard InChI is InChI=1S/C19H21NO3/c1-12-9-14(3-4-16(12)21-2)19-15-11-18-17(22-7-8-23-18)10-13(15)5-6-20-19/h3-4,9-11,19-20H,5-8H2,1-2H3. The van der Waals surface area contributed by atoms with E-state index in [1.54, 1.807) is 7.11 Å². The Morgan fingerprint density at radius 3 is 2.61 bits per heavy atom. The molecule has 0 saturated carbocycles. The number of ether oxygens (including phenoxy) is 3. The molecule has 2 aliphatic heterocycles. The highest BCUT2D eigenvalue weighted by molar-refractivity contribution is 5.52. The van der Waals surface area contributed by atoms with E-state index in [1.807, 2.05) is 6.07 Å². The van der Waals surface area contributed by atoms with E-state index >= 15 is 0 Å². The van der Waals surface area contributed by atoms with Gasteiger partial charge >= 0.3 is 0 Å². The second-order valence-corrected chi connectivity index (χ2v) is 6.06. The number of hydrogen-bond donors (Lipinski definition) is 1. The molecule has 0 radical (unpaired) electrons. The maximum Gasteiger partial charge on any atom is 0.161 e. The maximum atomic E-state index is 5.76. The van der Waals surface area contributed by atoms with Gasteiger partial charge in [0.15, 0.2) is 11.5 Å². The molecule has 2 aromatic rings. The average Bonchev–Trinajstić information content (AvgIpc) is 2.59. The van der Waals surface area contributed by atoms with Gasteiger partial charge in [0.1, 0.15) is 19.0 Å². The van der Waals surface area contributed by atoms with Crippen LogP contribution in [0.1, 0.15) is 28.3 Å². The summed E-state index contributed by atoms with van der Waals surface area (Å²) < 4.78 is 16.9. The molecular weight excluding hydrogens is 290 g/mol. The number of fused-ring (bicyclic) bond motifs is 2. The molecule has 1 N–H and O–H groups in total. The molecule has 4 rings (SSSR count). The van der Waals surface area contributed by atoms with E-state index in [0.717, 1.165) is 35.8 Å². The predicted octanol–water partition coefficient (Wildman–Crippen LogP) is 3.01. The van der Waals surface area contributed by atoms with Crippen LogP contribution in [0.5, 0.6) is 17.2 Å². The van der Waals surface area contributed by atoms with Crippen LogP contribution in [-0.2, 0) is 6.42 Å². The Hall–Kier alpha value is -2.20. The van der Waals surface area contributed by atoms with Crippen LogP contribution in [0.2, 0.25) is 0 Å². The van der Waals surface area contributed by atoms with Crippen molar-refractivity contribution in [3.63, 3.8) is 0 Å². The van der Waals surface area contributed by atoms with Crippen molar-refractivity contribution in [2.75, 3.05) is 26.9 Å². The van der Waals surface area contributed by atoms with Crippen LogP contribution in [-0.4, -0.2) is 26.9 Å². The highest BCUT2D eigenvalue weighted by Gasteiger charge is 2.25. The van der Waals surface area contributed by atoms with Crippen LogP contribution >= 0.6 is 0 Å². The average molecular weight is 311 g/mol. The zero-order valence-corrected chi connectivity index (χ0v) is 13.5. The van der Waals surface area contributed by atoms with E-state index in [4.69, 9.17) is 14.2 Å². The second-order valence-electron chi connectivity index (χ2n) is 6.06. The number of aryl methyl sites for hydroxylation is 1. The molecule has 0 aliphatic carbocycles. The van der Waals surface area contributed by atoms with Crippen LogP contribution in [0.15, 0.2) is 30.3 Å². The van der Waals surface area contributed by atoms with Crippen molar-refractivity contribution in [1.82, 2.24) is 5.32 Å². The van der Waals surface area contributed by atoms with Crippen molar-refractivity contribution in [2.24, 2.45) is 0 Å². The summed E-state index contributed by atoms with van der Waals surface area (Å²) in [5.74, 6) is 2.66. The molecule has 1 atom stereocenters. The summed E-state index contributed by atoms with van der Waals surface area (Å²) in [6.45, 7) is 4.29. The lowest BCUT2D eigenvalue weighted by molar-refractivity contribution is 0.171. The van der Waals surface area contributed by atoms with E-state index in [-0.39, 0.29) is 6.04 Å². The smallest absolute Gasteiger partial charge is 0.161 e. The van der Waals surface area contributed by atoms with E-state index in [1.165, 1.54) is 16.7 Å². The van der Waals surface area contributed by atoms with Crippen LogP contribution in [0.25, 0.3) is 0 Å². The molecule has 1 unspecified atom stereocenters. The van der Waals surface area contributed by atoms with Gasteiger partial charge in [0.2, 0.25) is 0 Å². The first kappa shape index (κ1) is 14.4. The van der Waals surface area contributed by atoms with Crippen LogP contribution in [0.3, 0.4) is 0 Å². The van der Waals surface area contributed by atoms with Crippen molar-refractivity contribution in [3.05, 3.63) is 52.6 Å². The minimum atomic E-state index is 0.180. The Morgan fingerprint density at radius 1 is 1.09 bits per heavy atom. The van der Waals surface area contributed by atoms with Gasteiger partial charge in [-0.1, -0.05) is 12.1 Å². The number of nitrogens with one attached hydrogen (secondary N) is 1. The lowest BCUT2D eigenvalue weighted by atomic mass is 9.88. The molecule has 0 saturated heterocycles. The third-order valence-corrected chi connectivity index (χ3v) is 4.61. The molecule has 0 aromatic heterocycles. The molecule has 4 nitrogen and oxygen atoms in total. The summed E-state index contributed by atoms with van der Waals surface area (Å²) >= 11 is 0. The Balaban J connectivity index is 1.76. The molecule has 2 aliphatic rings. The highest BCUT2D eigenvalue weighted by Crippen LogP contribution is 2.39. The molecule has 23 heavy (non-hydrogen) atoms. The maximum absolute atomic E-state index is 5.76. The molecule has 2 heterocycles. The summed E-state index contributed by atoms with van der Waals surface area (Å²) in [5, 5.41) is 3.63. The Labute approximate surface area is 136 Å². The lowest BCUT2D eigenvalue weighted by Crippen LogP contribution is -2.31. The van der Waals surface area contributed by atoms with Crippen molar-refractivity contribution < 1.29 is 14.2 Å². The first-order valence-corrected chi connectivity index (χ1v) is 8.06. The highest BCUT2D eigenvalue weighted by atomic mass is 16.6. The lowest BCUT2D eigenvalue weighted by Gasteiger charge is -2.30. The molecule has 2 aromatic carbocycles. The van der Waals surface area contributed by atoms with E-state index in [0.29, 0.717) is 13.2 Å². The molecule has 0 bridgehead atoms. The first-order valence-electron chi connectivity index (χ1n) is 8.06. The van der Waals surface area contributed by atoms with Crippen molar-refractivity contribution in [2.45, 2.75) is 19.4 Å². The molecule has 0 fully saturated rings. The second kappa shape index (κ2) is 5.78. The number of hydrogen-bond acceptors (Lipinski definition) is 4. The first-order chi connectivity index (χ1) is 11.3. The number of benzene rings is 2. The molecule has 120 valence electrons. The molecule has 0 spiro atoms. The number of methoxy groups -OCH3 is 1. The van der Waals surface area contributed by atoms with Crippen molar-refractivity contribution in [3.8, 4) is 17.2 Å². The SMILES string of the molecule is COc1ccc(C2NCCc3cc4c(cc32)OCCO4)cc1C. The van der Waals surface area contributed by atoms with Gasteiger partial charge in [-0.25, -0.2) is 0 Å². The van der Waals surface area contributed by atoms with Gasteiger partial charge in [0.05, 0.1) is 13.2 Å². The van der Waals surface area contributed by atoms with Crippen molar-refractivity contribution in [1.29, 1.82) is 0 Å².